The van der Waals surface area contributed by atoms with E-state index in [1.807, 2.05) is 0 Å². The molecule has 0 aromatic heterocycles. The van der Waals surface area contributed by atoms with Gasteiger partial charge in [-0.2, -0.15) is 0 Å². The highest BCUT2D eigenvalue weighted by Crippen LogP contribution is 2.63. The lowest BCUT2D eigenvalue weighted by atomic mass is 9.73. The average molecular weight is 171 g/mol. The van der Waals surface area contributed by atoms with Gasteiger partial charge in [-0.1, -0.05) is 26.0 Å². The van der Waals surface area contributed by atoms with Crippen molar-refractivity contribution in [1.82, 2.24) is 0 Å². The lowest BCUT2D eigenvalue weighted by Crippen LogP contribution is -2.27. The van der Waals surface area contributed by atoms with Crippen LogP contribution in [-0.2, 0) is 0 Å². The summed E-state index contributed by atoms with van der Waals surface area (Å²) in [6.07, 6.45) is 3.62. The van der Waals surface area contributed by atoms with Gasteiger partial charge in [-0.25, -0.2) is 0 Å². The van der Waals surface area contributed by atoms with Crippen molar-refractivity contribution in [3.63, 3.8) is 0 Å². The number of alkyl halides is 1. The maximum absolute atomic E-state index is 6.43. The van der Waals surface area contributed by atoms with Crippen molar-refractivity contribution in [2.24, 2.45) is 11.3 Å². The second-order valence-corrected chi connectivity index (χ2v) is 5.33. The van der Waals surface area contributed by atoms with E-state index in [0.717, 1.165) is 12.3 Å². The third kappa shape index (κ3) is 0.767. The molecule has 2 atom stereocenters. The number of allylic oxidation sites excluding steroid dienone is 1. The van der Waals surface area contributed by atoms with Gasteiger partial charge in [0.05, 0.1) is 4.87 Å². The summed E-state index contributed by atoms with van der Waals surface area (Å²) in [7, 11) is 0. The zero-order chi connectivity index (χ0) is 8.28. The van der Waals surface area contributed by atoms with Crippen LogP contribution in [0.4, 0.5) is 0 Å². The molecular weight excluding hydrogens is 156 g/mol. The summed E-state index contributed by atoms with van der Waals surface area (Å²) in [4.78, 5) is -0.0197. The van der Waals surface area contributed by atoms with Gasteiger partial charge in [-0.15, -0.1) is 11.6 Å². The molecule has 0 radical (unpaired) electrons. The number of fused-ring (bicyclic) bond motifs is 2. The van der Waals surface area contributed by atoms with Gasteiger partial charge in [0.1, 0.15) is 0 Å². The summed E-state index contributed by atoms with van der Waals surface area (Å²) in [6, 6.07) is 0. The minimum absolute atomic E-state index is 0.0197. The van der Waals surface area contributed by atoms with Gasteiger partial charge in [-0.3, -0.25) is 0 Å². The molecule has 0 aliphatic heterocycles. The van der Waals surface area contributed by atoms with Gasteiger partial charge in [0.2, 0.25) is 0 Å². The van der Waals surface area contributed by atoms with E-state index >= 15 is 0 Å². The number of hydrogen-bond acceptors (Lipinski definition) is 0. The molecule has 0 aromatic carbocycles. The molecule has 2 saturated carbocycles. The quantitative estimate of drug-likeness (QED) is 0.386. The van der Waals surface area contributed by atoms with E-state index < -0.39 is 0 Å². The molecule has 0 nitrogen and oxygen atoms in total. The fourth-order valence-corrected chi connectivity index (χ4v) is 3.25. The van der Waals surface area contributed by atoms with Gasteiger partial charge in [0, 0.05) is 0 Å². The van der Waals surface area contributed by atoms with E-state index in [2.05, 4.69) is 20.4 Å². The second-order valence-electron chi connectivity index (χ2n) is 4.61. The van der Waals surface area contributed by atoms with Crippen LogP contribution in [0.3, 0.4) is 0 Å². The first-order chi connectivity index (χ1) is 4.97. The van der Waals surface area contributed by atoms with Gasteiger partial charge >= 0.3 is 0 Å². The zero-order valence-electron chi connectivity index (χ0n) is 7.28. The first-order valence-electron chi connectivity index (χ1n) is 4.35. The molecule has 0 aromatic rings. The Labute approximate surface area is 73.6 Å². The summed E-state index contributed by atoms with van der Waals surface area (Å²) in [5, 5.41) is 0. The van der Waals surface area contributed by atoms with E-state index in [-0.39, 0.29) is 4.87 Å². The molecule has 2 fully saturated rings. The zero-order valence-corrected chi connectivity index (χ0v) is 8.04. The molecule has 0 unspecified atom stereocenters. The fourth-order valence-electron chi connectivity index (χ4n) is 2.71. The standard InChI is InChI=1S/C10H15Cl/c1-7-9(2,3)8-4-5-10(7,11)6-8/h8H,1,4-6H2,2-3H3/t8-,10-/m1/s1. The van der Waals surface area contributed by atoms with Crippen LogP contribution in [0.1, 0.15) is 33.1 Å². The number of rotatable bonds is 0. The van der Waals surface area contributed by atoms with Crippen LogP contribution in [0.5, 0.6) is 0 Å². The second kappa shape index (κ2) is 1.85. The molecule has 1 heteroatoms. The van der Waals surface area contributed by atoms with E-state index in [0.29, 0.717) is 5.41 Å². The Morgan fingerprint density at radius 1 is 1.55 bits per heavy atom. The lowest BCUT2D eigenvalue weighted by Gasteiger charge is -2.34. The van der Waals surface area contributed by atoms with Crippen LogP contribution in [0.2, 0.25) is 0 Å². The minimum atomic E-state index is -0.0197. The molecule has 0 saturated heterocycles. The van der Waals surface area contributed by atoms with Crippen molar-refractivity contribution < 1.29 is 0 Å². The maximum atomic E-state index is 6.43. The molecule has 62 valence electrons. The molecule has 0 heterocycles. The Hall–Kier alpha value is 0.0300. The summed E-state index contributed by atoms with van der Waals surface area (Å²) in [5.41, 5.74) is 1.59. The first kappa shape index (κ1) is 7.67. The van der Waals surface area contributed by atoms with Crippen molar-refractivity contribution in [3.05, 3.63) is 12.2 Å². The molecule has 2 bridgehead atoms. The summed E-state index contributed by atoms with van der Waals surface area (Å²) < 4.78 is 0. The lowest BCUT2D eigenvalue weighted by molar-refractivity contribution is 0.290. The average Bonchev–Trinajstić information content (AvgIpc) is 2.36. The monoisotopic (exact) mass is 170 g/mol. The SMILES string of the molecule is C=C1C(C)(C)[C@@H]2CC[C@@]1(Cl)C2. The Kier molecular flexibility index (Phi) is 1.29. The van der Waals surface area contributed by atoms with E-state index in [4.69, 9.17) is 11.6 Å². The Balaban J connectivity index is 2.42. The molecule has 2 rings (SSSR count). The normalized spacial score (nSPS) is 46.8. The molecule has 11 heavy (non-hydrogen) atoms. The van der Waals surface area contributed by atoms with Gasteiger partial charge in [-0.05, 0) is 30.6 Å². The highest BCUT2D eigenvalue weighted by Gasteiger charge is 2.56. The van der Waals surface area contributed by atoms with Crippen LogP contribution < -0.4 is 0 Å². The highest BCUT2D eigenvalue weighted by molar-refractivity contribution is 6.26. The summed E-state index contributed by atoms with van der Waals surface area (Å²) in [5.74, 6) is 0.799. The van der Waals surface area contributed by atoms with Crippen molar-refractivity contribution in [3.8, 4) is 0 Å². The molecular formula is C10H15Cl. The smallest absolute Gasteiger partial charge is 0.0660 e. The fraction of sp³-hybridized carbons (Fsp3) is 0.800. The number of hydrogen-bond donors (Lipinski definition) is 0. The van der Waals surface area contributed by atoms with Gasteiger partial charge in [0.15, 0.2) is 0 Å². The van der Waals surface area contributed by atoms with E-state index in [9.17, 15) is 0 Å². The molecule has 0 amide bonds. The molecule has 0 N–H and O–H groups in total. The Morgan fingerprint density at radius 3 is 2.45 bits per heavy atom. The van der Waals surface area contributed by atoms with Crippen LogP contribution in [0.25, 0.3) is 0 Å². The predicted molar refractivity (Wildman–Crippen MR) is 48.8 cm³/mol. The topological polar surface area (TPSA) is 0 Å². The number of halogens is 1. The Bertz CT molecular complexity index is 210. The van der Waals surface area contributed by atoms with Crippen LogP contribution in [0, 0.1) is 11.3 Å². The van der Waals surface area contributed by atoms with Crippen molar-refractivity contribution >= 4 is 11.6 Å². The van der Waals surface area contributed by atoms with Crippen LogP contribution in [-0.4, -0.2) is 4.87 Å². The van der Waals surface area contributed by atoms with Crippen molar-refractivity contribution in [2.45, 2.75) is 38.0 Å². The highest BCUT2D eigenvalue weighted by atomic mass is 35.5. The summed E-state index contributed by atoms with van der Waals surface area (Å²) >= 11 is 6.43. The largest absolute Gasteiger partial charge is 0.114 e. The third-order valence-corrected chi connectivity index (χ3v) is 4.37. The molecule has 0 spiro atoms. The minimum Gasteiger partial charge on any atom is -0.114 e. The first-order valence-corrected chi connectivity index (χ1v) is 4.73. The molecule has 2 aliphatic carbocycles. The van der Waals surface area contributed by atoms with Gasteiger partial charge < -0.3 is 0 Å². The predicted octanol–water partition coefficient (Wildman–Crippen LogP) is 3.36. The van der Waals surface area contributed by atoms with Crippen LogP contribution in [0.15, 0.2) is 12.2 Å². The molecule has 2 aliphatic rings. The third-order valence-electron chi connectivity index (χ3n) is 3.80. The summed E-state index contributed by atoms with van der Waals surface area (Å²) in [6.45, 7) is 8.69. The van der Waals surface area contributed by atoms with E-state index in [1.165, 1.54) is 18.4 Å². The van der Waals surface area contributed by atoms with Crippen molar-refractivity contribution in [1.29, 1.82) is 0 Å². The van der Waals surface area contributed by atoms with Gasteiger partial charge in [0.25, 0.3) is 0 Å². The van der Waals surface area contributed by atoms with E-state index in [1.54, 1.807) is 0 Å². The van der Waals surface area contributed by atoms with Crippen molar-refractivity contribution in [2.75, 3.05) is 0 Å². The van der Waals surface area contributed by atoms with Crippen LogP contribution >= 0.6 is 11.6 Å². The maximum Gasteiger partial charge on any atom is 0.0660 e. The Morgan fingerprint density at radius 2 is 2.18 bits per heavy atom.